The highest BCUT2D eigenvalue weighted by Crippen LogP contribution is 2.20. The molecule has 10 heteroatoms. The van der Waals surface area contributed by atoms with Crippen molar-refractivity contribution >= 4 is 27.5 Å². The van der Waals surface area contributed by atoms with Gasteiger partial charge in [-0.2, -0.15) is 0 Å². The second-order valence-corrected chi connectivity index (χ2v) is 8.84. The van der Waals surface area contributed by atoms with Crippen LogP contribution in [0.25, 0.3) is 0 Å². The van der Waals surface area contributed by atoms with E-state index in [9.17, 15) is 26.8 Å². The summed E-state index contributed by atoms with van der Waals surface area (Å²) in [6.45, 7) is 2.66. The third-order valence-electron chi connectivity index (χ3n) is 4.61. The van der Waals surface area contributed by atoms with E-state index in [0.717, 1.165) is 27.6 Å². The van der Waals surface area contributed by atoms with Gasteiger partial charge in [0, 0.05) is 18.7 Å². The largest absolute Gasteiger partial charge is 0.355 e. The minimum absolute atomic E-state index is 0.0914. The van der Waals surface area contributed by atoms with Gasteiger partial charge in [0.15, 0.2) is 0 Å². The lowest BCUT2D eigenvalue weighted by molar-refractivity contribution is -0.139. The number of sulfonamides is 1. The Balaban J connectivity index is 2.38. The van der Waals surface area contributed by atoms with Gasteiger partial charge in [0.1, 0.15) is 24.2 Å². The molecule has 7 nitrogen and oxygen atoms in total. The van der Waals surface area contributed by atoms with Crippen LogP contribution in [0.3, 0.4) is 0 Å². The molecular formula is C21H25F2N3O4S. The third-order valence-corrected chi connectivity index (χ3v) is 5.75. The highest BCUT2D eigenvalue weighted by atomic mass is 32.2. The Morgan fingerprint density at radius 2 is 1.68 bits per heavy atom. The summed E-state index contributed by atoms with van der Waals surface area (Å²) in [4.78, 5) is 26.6. The predicted octanol–water partition coefficient (Wildman–Crippen LogP) is 2.28. The van der Waals surface area contributed by atoms with Crippen LogP contribution in [-0.4, -0.2) is 50.5 Å². The molecule has 0 aliphatic carbocycles. The van der Waals surface area contributed by atoms with E-state index in [-0.39, 0.29) is 17.8 Å². The number of amides is 2. The van der Waals surface area contributed by atoms with Crippen LogP contribution in [0.15, 0.2) is 48.5 Å². The van der Waals surface area contributed by atoms with Crippen molar-refractivity contribution in [3.05, 3.63) is 65.7 Å². The molecule has 0 saturated carbocycles. The maximum absolute atomic E-state index is 14.2. The van der Waals surface area contributed by atoms with Gasteiger partial charge in [0.2, 0.25) is 21.8 Å². The highest BCUT2D eigenvalue weighted by molar-refractivity contribution is 7.92. The Morgan fingerprint density at radius 1 is 1.06 bits per heavy atom. The summed E-state index contributed by atoms with van der Waals surface area (Å²) < 4.78 is 52.9. The molecule has 0 spiro atoms. The molecule has 0 aliphatic heterocycles. The molecule has 1 N–H and O–H groups in total. The Bertz CT molecular complexity index is 1030. The minimum atomic E-state index is -3.91. The second-order valence-electron chi connectivity index (χ2n) is 6.93. The van der Waals surface area contributed by atoms with Crippen molar-refractivity contribution in [2.75, 3.05) is 23.7 Å². The van der Waals surface area contributed by atoms with Gasteiger partial charge >= 0.3 is 0 Å². The van der Waals surface area contributed by atoms with E-state index in [1.54, 1.807) is 13.0 Å². The van der Waals surface area contributed by atoms with Crippen molar-refractivity contribution in [2.24, 2.45) is 0 Å². The number of nitrogens with zero attached hydrogens (tertiary/aromatic N) is 2. The van der Waals surface area contributed by atoms with Crippen molar-refractivity contribution in [1.82, 2.24) is 10.2 Å². The Hall–Kier alpha value is -3.01. The summed E-state index contributed by atoms with van der Waals surface area (Å²) in [5, 5.41) is 2.60. The molecule has 2 aromatic carbocycles. The average molecular weight is 454 g/mol. The summed E-state index contributed by atoms with van der Waals surface area (Å²) in [6.07, 6.45) is 0.915. The predicted molar refractivity (Wildman–Crippen MR) is 114 cm³/mol. The number of hydrogen-bond donors (Lipinski definition) is 1. The SMILES string of the molecule is CCNC(=O)[C@@H](C)N(Cc1ccccc1F)C(=O)CN(c1ccc(F)cc1)S(C)(=O)=O. The molecule has 2 rings (SSSR count). The van der Waals surface area contributed by atoms with Crippen LogP contribution in [0, 0.1) is 11.6 Å². The van der Waals surface area contributed by atoms with Crippen LogP contribution in [0.5, 0.6) is 0 Å². The summed E-state index contributed by atoms with van der Waals surface area (Å²) in [7, 11) is -3.91. The first kappa shape index (κ1) is 24.3. The second kappa shape index (κ2) is 10.3. The van der Waals surface area contributed by atoms with Gasteiger partial charge in [0.25, 0.3) is 0 Å². The fourth-order valence-corrected chi connectivity index (χ4v) is 3.79. The lowest BCUT2D eigenvalue weighted by Gasteiger charge is -2.31. The topological polar surface area (TPSA) is 86.8 Å². The average Bonchev–Trinajstić information content (AvgIpc) is 2.71. The van der Waals surface area contributed by atoms with E-state index in [0.29, 0.717) is 6.54 Å². The zero-order chi connectivity index (χ0) is 23.2. The standard InChI is InChI=1S/C21H25F2N3O4S/c1-4-24-21(28)15(2)25(13-16-7-5-6-8-19(16)23)20(27)14-26(31(3,29)30)18-11-9-17(22)10-12-18/h5-12,15H,4,13-14H2,1-3H3,(H,24,28)/t15-/m1/s1. The molecule has 0 aromatic heterocycles. The molecule has 0 saturated heterocycles. The fraction of sp³-hybridized carbons (Fsp3) is 0.333. The van der Waals surface area contributed by atoms with Crippen LogP contribution in [-0.2, 0) is 26.2 Å². The number of benzene rings is 2. The quantitative estimate of drug-likeness (QED) is 0.631. The highest BCUT2D eigenvalue weighted by Gasteiger charge is 2.30. The Morgan fingerprint density at radius 3 is 2.23 bits per heavy atom. The lowest BCUT2D eigenvalue weighted by Crippen LogP contribution is -2.51. The molecule has 0 fully saturated rings. The molecule has 0 heterocycles. The maximum atomic E-state index is 14.2. The van der Waals surface area contributed by atoms with E-state index < -0.39 is 46.1 Å². The van der Waals surface area contributed by atoms with Gasteiger partial charge in [-0.05, 0) is 44.2 Å². The lowest BCUT2D eigenvalue weighted by atomic mass is 10.1. The molecule has 31 heavy (non-hydrogen) atoms. The molecule has 0 radical (unpaired) electrons. The molecule has 0 bridgehead atoms. The number of hydrogen-bond acceptors (Lipinski definition) is 4. The van der Waals surface area contributed by atoms with Crippen LogP contribution >= 0.6 is 0 Å². The third kappa shape index (κ3) is 6.48. The van der Waals surface area contributed by atoms with Gasteiger partial charge in [-0.3, -0.25) is 13.9 Å². The molecular weight excluding hydrogens is 428 g/mol. The summed E-state index contributed by atoms with van der Waals surface area (Å²) in [6, 6.07) is 9.44. The maximum Gasteiger partial charge on any atom is 0.244 e. The van der Waals surface area contributed by atoms with Gasteiger partial charge < -0.3 is 10.2 Å². The van der Waals surface area contributed by atoms with Gasteiger partial charge in [0.05, 0.1) is 11.9 Å². The molecule has 2 amide bonds. The van der Waals surface area contributed by atoms with E-state index in [2.05, 4.69) is 5.32 Å². The summed E-state index contributed by atoms with van der Waals surface area (Å²) in [5.74, 6) is -2.28. The zero-order valence-corrected chi connectivity index (χ0v) is 18.3. The van der Waals surface area contributed by atoms with Gasteiger partial charge in [-0.15, -0.1) is 0 Å². The van der Waals surface area contributed by atoms with E-state index in [1.165, 1.54) is 37.3 Å². The number of carbonyl (C=O) groups is 2. The fourth-order valence-electron chi connectivity index (χ4n) is 2.94. The van der Waals surface area contributed by atoms with Crippen LogP contribution in [0.1, 0.15) is 19.4 Å². The van der Waals surface area contributed by atoms with Crippen molar-refractivity contribution < 1.29 is 26.8 Å². The van der Waals surface area contributed by atoms with E-state index in [4.69, 9.17) is 0 Å². The first-order valence-electron chi connectivity index (χ1n) is 9.58. The Labute approximate surface area is 180 Å². The summed E-state index contributed by atoms with van der Waals surface area (Å²) in [5.41, 5.74) is 0.272. The van der Waals surface area contributed by atoms with Crippen molar-refractivity contribution in [3.8, 4) is 0 Å². The summed E-state index contributed by atoms with van der Waals surface area (Å²) >= 11 is 0. The number of rotatable bonds is 9. The minimum Gasteiger partial charge on any atom is -0.355 e. The monoisotopic (exact) mass is 453 g/mol. The molecule has 1 atom stereocenters. The number of nitrogens with one attached hydrogen (secondary N) is 1. The van der Waals surface area contributed by atoms with Gasteiger partial charge in [-0.1, -0.05) is 18.2 Å². The first-order valence-corrected chi connectivity index (χ1v) is 11.4. The number of anilines is 1. The Kier molecular flexibility index (Phi) is 8.09. The first-order chi connectivity index (χ1) is 14.5. The molecule has 0 unspecified atom stereocenters. The molecule has 168 valence electrons. The zero-order valence-electron chi connectivity index (χ0n) is 17.5. The molecule has 0 aliphatic rings. The van der Waals surface area contributed by atoms with Crippen LogP contribution in [0.4, 0.5) is 14.5 Å². The normalized spacial score (nSPS) is 12.2. The molecule has 2 aromatic rings. The van der Waals surface area contributed by atoms with E-state index >= 15 is 0 Å². The van der Waals surface area contributed by atoms with Crippen LogP contribution < -0.4 is 9.62 Å². The van der Waals surface area contributed by atoms with Crippen molar-refractivity contribution in [3.63, 3.8) is 0 Å². The van der Waals surface area contributed by atoms with E-state index in [1.807, 2.05) is 0 Å². The van der Waals surface area contributed by atoms with Crippen molar-refractivity contribution in [2.45, 2.75) is 26.4 Å². The number of halogens is 2. The van der Waals surface area contributed by atoms with Crippen LogP contribution in [0.2, 0.25) is 0 Å². The smallest absolute Gasteiger partial charge is 0.244 e. The number of carbonyl (C=O) groups excluding carboxylic acids is 2. The van der Waals surface area contributed by atoms with Crippen molar-refractivity contribution in [1.29, 1.82) is 0 Å². The number of likely N-dealkylation sites (N-methyl/N-ethyl adjacent to an activating group) is 1. The van der Waals surface area contributed by atoms with Gasteiger partial charge in [-0.25, -0.2) is 17.2 Å².